The van der Waals surface area contributed by atoms with Crippen LogP contribution < -0.4 is 9.05 Å². The third kappa shape index (κ3) is 11.9. The second-order valence-corrected chi connectivity index (χ2v) is 18.4. The highest BCUT2D eigenvalue weighted by Gasteiger charge is 2.22. The van der Waals surface area contributed by atoms with Crippen LogP contribution in [0.4, 0.5) is 0 Å². The summed E-state index contributed by atoms with van der Waals surface area (Å²) in [5.74, 6) is 1.72. The molecule has 0 amide bonds. The molecule has 2 nitrogen and oxygen atoms in total. The predicted molar refractivity (Wildman–Crippen MR) is 276 cm³/mol. The van der Waals surface area contributed by atoms with E-state index in [0.717, 1.165) is 48.3 Å². The van der Waals surface area contributed by atoms with E-state index in [2.05, 4.69) is 165 Å². The molecule has 0 saturated heterocycles. The summed E-state index contributed by atoms with van der Waals surface area (Å²) in [6.45, 7) is 18.4. The van der Waals surface area contributed by atoms with Crippen molar-refractivity contribution in [1.29, 1.82) is 0 Å². The minimum atomic E-state index is -0.245. The monoisotopic (exact) mass is 859 g/mol. The van der Waals surface area contributed by atoms with Gasteiger partial charge in [0.1, 0.15) is 11.5 Å². The van der Waals surface area contributed by atoms with Crippen molar-refractivity contribution in [1.82, 2.24) is 0 Å². The van der Waals surface area contributed by atoms with Crippen molar-refractivity contribution in [3.05, 3.63) is 154 Å². The van der Waals surface area contributed by atoms with Gasteiger partial charge in [0.25, 0.3) is 9.03 Å². The minimum Gasteiger partial charge on any atom is -0.440 e. The summed E-state index contributed by atoms with van der Waals surface area (Å²) in [6, 6.07) is 40.7. The van der Waals surface area contributed by atoms with Crippen LogP contribution in [0.3, 0.4) is 0 Å². The lowest BCUT2D eigenvalue weighted by Crippen LogP contribution is -2.00. The molecule has 0 saturated carbocycles. The van der Waals surface area contributed by atoms with Crippen molar-refractivity contribution in [2.75, 3.05) is 0 Å². The van der Waals surface area contributed by atoms with E-state index in [9.17, 15) is 0 Å². The molecule has 0 fully saturated rings. The van der Waals surface area contributed by atoms with Crippen LogP contribution in [0.15, 0.2) is 109 Å². The van der Waals surface area contributed by atoms with Gasteiger partial charge in [-0.05, 0) is 169 Å². The van der Waals surface area contributed by atoms with Gasteiger partial charge in [0.15, 0.2) is 0 Å². The van der Waals surface area contributed by atoms with Gasteiger partial charge in [-0.2, -0.15) is 0 Å². The largest absolute Gasteiger partial charge is 0.440 e. The Morgan fingerprint density at radius 1 is 0.317 bits per heavy atom. The Balaban J connectivity index is 1.44. The van der Waals surface area contributed by atoms with E-state index >= 15 is 0 Å². The first kappa shape index (κ1) is 47.8. The summed E-state index contributed by atoms with van der Waals surface area (Å²) in [5, 5.41) is 0. The molecule has 0 heterocycles. The van der Waals surface area contributed by atoms with Gasteiger partial charge in [-0.25, -0.2) is 0 Å². The molecule has 0 aromatic heterocycles. The first-order valence-corrected chi connectivity index (χ1v) is 25.3. The zero-order valence-electron chi connectivity index (χ0n) is 40.0. The van der Waals surface area contributed by atoms with Crippen molar-refractivity contribution in [2.24, 2.45) is 0 Å². The summed E-state index contributed by atoms with van der Waals surface area (Å²) in [5.41, 5.74) is 20.9. The van der Waals surface area contributed by atoms with E-state index in [0.29, 0.717) is 0 Å². The number of hydrogen-bond donors (Lipinski definition) is 0. The Bertz CT molecular complexity index is 2220. The van der Waals surface area contributed by atoms with E-state index in [-0.39, 0.29) is 9.03 Å². The molecule has 0 aliphatic rings. The topological polar surface area (TPSA) is 18.5 Å². The van der Waals surface area contributed by atoms with Crippen LogP contribution in [-0.4, -0.2) is 0 Å². The fraction of sp³-hybridized carbons (Fsp3) is 0.400. The van der Waals surface area contributed by atoms with Gasteiger partial charge in [-0.1, -0.05) is 176 Å². The first-order valence-electron chi connectivity index (χ1n) is 24.5. The number of benzene rings is 6. The highest BCUT2D eigenvalue weighted by Crippen LogP contribution is 2.47. The van der Waals surface area contributed by atoms with Gasteiger partial charge in [0, 0.05) is 11.1 Å². The van der Waals surface area contributed by atoms with E-state index in [1.54, 1.807) is 0 Å². The SMILES string of the molecule is CCCCCc1cccc(-c2cccc(OPOc3cccc(-c4cccc(CCCCC)c4C)c3-c3cccc(CCCCC)c3C)c2-c2cccc(CCCCC)c2C)c1C. The quantitative estimate of drug-likeness (QED) is 0.0446. The number of aryl methyl sites for hydroxylation is 4. The Morgan fingerprint density at radius 3 is 0.905 bits per heavy atom. The van der Waals surface area contributed by atoms with Crippen LogP contribution in [0.1, 0.15) is 149 Å². The van der Waals surface area contributed by atoms with Crippen LogP contribution >= 0.6 is 9.03 Å². The van der Waals surface area contributed by atoms with E-state index in [4.69, 9.17) is 9.05 Å². The second kappa shape index (κ2) is 24.4. The highest BCUT2D eigenvalue weighted by molar-refractivity contribution is 7.27. The average molecular weight is 859 g/mol. The van der Waals surface area contributed by atoms with E-state index in [1.165, 1.54) is 155 Å². The standard InChI is InChI=1S/C60H75O2P/c1-9-13-17-27-47-31-21-35-51(43(47)5)55-39-25-41-57(59(55)53-37-23-33-49(45(53)7)29-19-15-11-3)61-63-62-58-42-26-40-56(52-36-22-32-48(44(52)6)28-18-14-10-2)60(58)54-38-24-34-50(46(54)8)30-20-16-12-4/h21-26,31-42,63H,9-20,27-30H2,1-8H3. The molecule has 0 atom stereocenters. The summed E-state index contributed by atoms with van der Waals surface area (Å²) in [6.07, 6.45) is 19.1. The average Bonchev–Trinajstić information content (AvgIpc) is 3.29. The zero-order valence-corrected chi connectivity index (χ0v) is 41.0. The molecular formula is C60H75O2P. The third-order valence-electron chi connectivity index (χ3n) is 13.5. The van der Waals surface area contributed by atoms with Crippen LogP contribution in [0.5, 0.6) is 11.5 Å². The molecule has 0 bridgehead atoms. The third-order valence-corrected chi connectivity index (χ3v) is 14.1. The molecule has 3 heteroatoms. The molecule has 63 heavy (non-hydrogen) atoms. The van der Waals surface area contributed by atoms with Gasteiger partial charge >= 0.3 is 0 Å². The second-order valence-electron chi connectivity index (χ2n) is 17.8. The van der Waals surface area contributed by atoms with Crippen LogP contribution in [0.25, 0.3) is 44.5 Å². The van der Waals surface area contributed by atoms with E-state index < -0.39 is 0 Å². The maximum absolute atomic E-state index is 6.96. The molecule has 6 aromatic carbocycles. The van der Waals surface area contributed by atoms with E-state index in [1.807, 2.05) is 0 Å². The summed E-state index contributed by atoms with van der Waals surface area (Å²) in [4.78, 5) is 0. The molecule has 0 aliphatic heterocycles. The minimum absolute atomic E-state index is 0.245. The smallest absolute Gasteiger partial charge is 0.275 e. The molecule has 0 unspecified atom stereocenters. The van der Waals surface area contributed by atoms with Gasteiger partial charge in [-0.15, -0.1) is 0 Å². The van der Waals surface area contributed by atoms with Crippen LogP contribution in [0.2, 0.25) is 0 Å². The number of unbranched alkanes of at least 4 members (excludes halogenated alkanes) is 8. The van der Waals surface area contributed by atoms with Crippen LogP contribution in [-0.2, 0) is 25.7 Å². The molecule has 0 spiro atoms. The Kier molecular flexibility index (Phi) is 18.5. The molecule has 0 aliphatic carbocycles. The molecule has 0 radical (unpaired) electrons. The van der Waals surface area contributed by atoms with Crippen molar-refractivity contribution in [3.63, 3.8) is 0 Å². The molecule has 6 rings (SSSR count). The van der Waals surface area contributed by atoms with Crippen molar-refractivity contribution < 1.29 is 9.05 Å². The van der Waals surface area contributed by atoms with Gasteiger partial charge in [-0.3, -0.25) is 0 Å². The molecular weight excluding hydrogens is 784 g/mol. The molecule has 6 aromatic rings. The van der Waals surface area contributed by atoms with Gasteiger partial charge in [0.2, 0.25) is 0 Å². The highest BCUT2D eigenvalue weighted by atomic mass is 31.1. The predicted octanol–water partition coefficient (Wildman–Crippen LogP) is 18.5. The Morgan fingerprint density at radius 2 is 0.587 bits per heavy atom. The number of rotatable bonds is 24. The molecule has 332 valence electrons. The summed E-state index contributed by atoms with van der Waals surface area (Å²) in [7, 11) is -0.245. The maximum Gasteiger partial charge on any atom is 0.275 e. The maximum atomic E-state index is 6.96. The lowest BCUT2D eigenvalue weighted by Gasteiger charge is -2.22. The Labute approximate surface area is 384 Å². The first-order chi connectivity index (χ1) is 30.8. The van der Waals surface area contributed by atoms with Crippen molar-refractivity contribution >= 4 is 9.03 Å². The lowest BCUT2D eigenvalue weighted by atomic mass is 9.86. The summed E-state index contributed by atoms with van der Waals surface area (Å²) >= 11 is 0. The van der Waals surface area contributed by atoms with Crippen molar-refractivity contribution in [2.45, 2.75) is 158 Å². The Hall–Kier alpha value is -4.65. The van der Waals surface area contributed by atoms with Crippen molar-refractivity contribution in [3.8, 4) is 56.0 Å². The van der Waals surface area contributed by atoms with Gasteiger partial charge in [0.05, 0.1) is 0 Å². The normalized spacial score (nSPS) is 11.3. The zero-order chi connectivity index (χ0) is 44.6. The fourth-order valence-electron chi connectivity index (χ4n) is 9.55. The number of hydrogen-bond acceptors (Lipinski definition) is 2. The van der Waals surface area contributed by atoms with Crippen LogP contribution in [0, 0.1) is 27.7 Å². The molecule has 0 N–H and O–H groups in total. The lowest BCUT2D eigenvalue weighted by molar-refractivity contribution is 0.518. The fourth-order valence-corrected chi connectivity index (χ4v) is 10.1. The summed E-state index contributed by atoms with van der Waals surface area (Å²) < 4.78 is 13.9. The van der Waals surface area contributed by atoms with Gasteiger partial charge < -0.3 is 9.05 Å².